The van der Waals surface area contributed by atoms with Gasteiger partial charge in [-0.15, -0.1) is 0 Å². The standard InChI is InChI=1S/C18H18N2O2.C18H20N2O/c21-16-18(20-17(22)19-16)10-8-13(9-11-18)15-7-3-5-12-4-1-2-6-14(12)15;21-17-19-12-18(20-17)10-8-14(9-11-18)16-7-3-5-13-4-1-2-6-15(13)16/h1-7,13H,8-11H2,(H2,19,20,21,22);1-7,14H,8-12H2,(H2,19,20,21). The molecule has 0 aromatic heterocycles. The number of hydrogen-bond acceptors (Lipinski definition) is 3. The lowest BCUT2D eigenvalue weighted by atomic mass is 9.73. The molecule has 8 rings (SSSR count). The number of urea groups is 2. The minimum absolute atomic E-state index is 0.00129. The molecule has 7 nitrogen and oxygen atoms in total. The van der Waals surface area contributed by atoms with Gasteiger partial charge in [0.25, 0.3) is 5.91 Å². The quantitative estimate of drug-likeness (QED) is 0.202. The number of imide groups is 1. The highest BCUT2D eigenvalue weighted by Crippen LogP contribution is 2.42. The Morgan fingerprint density at radius 1 is 0.558 bits per heavy atom. The summed E-state index contributed by atoms with van der Waals surface area (Å²) >= 11 is 0. The Balaban J connectivity index is 0.000000140. The van der Waals surface area contributed by atoms with Crippen molar-refractivity contribution in [1.82, 2.24) is 21.3 Å². The third-order valence-electron chi connectivity index (χ3n) is 10.3. The first-order chi connectivity index (χ1) is 20.9. The van der Waals surface area contributed by atoms with Gasteiger partial charge in [-0.05, 0) is 95.9 Å². The first kappa shape index (κ1) is 27.4. The SMILES string of the molecule is O=C1NC(=O)C2(CCC(c3cccc4ccccc34)CC2)N1.O=C1NCC2(CCC(c3cccc4ccccc34)CC2)N1. The molecular formula is C36H38N4O3. The summed E-state index contributed by atoms with van der Waals surface area (Å²) in [6, 6.07) is 29.8. The van der Waals surface area contributed by atoms with E-state index in [-0.39, 0.29) is 23.5 Å². The maximum atomic E-state index is 12.0. The van der Waals surface area contributed by atoms with Crippen LogP contribution in [0.15, 0.2) is 84.9 Å². The molecule has 2 spiro atoms. The van der Waals surface area contributed by atoms with Crippen LogP contribution in [0, 0.1) is 0 Å². The van der Waals surface area contributed by atoms with E-state index in [4.69, 9.17) is 0 Å². The third kappa shape index (κ3) is 5.22. The van der Waals surface area contributed by atoms with Crippen LogP contribution >= 0.6 is 0 Å². The molecule has 4 fully saturated rings. The number of carbonyl (C=O) groups is 3. The van der Waals surface area contributed by atoms with Crippen molar-refractivity contribution in [3.8, 4) is 0 Å². The topological polar surface area (TPSA) is 99.3 Å². The number of benzene rings is 4. The van der Waals surface area contributed by atoms with Crippen molar-refractivity contribution >= 4 is 39.5 Å². The lowest BCUT2D eigenvalue weighted by Crippen LogP contribution is -2.49. The van der Waals surface area contributed by atoms with Gasteiger partial charge in [-0.2, -0.15) is 0 Å². The van der Waals surface area contributed by atoms with E-state index in [1.807, 2.05) is 0 Å². The molecule has 0 bridgehead atoms. The van der Waals surface area contributed by atoms with E-state index < -0.39 is 5.54 Å². The maximum Gasteiger partial charge on any atom is 0.322 e. The second-order valence-corrected chi connectivity index (χ2v) is 12.8. The van der Waals surface area contributed by atoms with Gasteiger partial charge < -0.3 is 16.0 Å². The minimum Gasteiger partial charge on any atom is -0.336 e. The molecule has 2 saturated heterocycles. The summed E-state index contributed by atoms with van der Waals surface area (Å²) in [7, 11) is 0. The second-order valence-electron chi connectivity index (χ2n) is 12.8. The van der Waals surface area contributed by atoms with Gasteiger partial charge in [0.05, 0.1) is 5.54 Å². The van der Waals surface area contributed by atoms with Crippen molar-refractivity contribution in [1.29, 1.82) is 0 Å². The number of amides is 5. The molecular weight excluding hydrogens is 536 g/mol. The summed E-state index contributed by atoms with van der Waals surface area (Å²) in [5.74, 6) is 0.898. The van der Waals surface area contributed by atoms with Gasteiger partial charge in [-0.25, -0.2) is 9.59 Å². The molecule has 4 aliphatic rings. The van der Waals surface area contributed by atoms with Crippen molar-refractivity contribution in [2.24, 2.45) is 0 Å². The average molecular weight is 575 g/mol. The average Bonchev–Trinajstić information content (AvgIpc) is 3.54. The molecule has 4 aromatic rings. The van der Waals surface area contributed by atoms with Gasteiger partial charge in [0.15, 0.2) is 0 Å². The van der Waals surface area contributed by atoms with Crippen LogP contribution in [0.1, 0.15) is 74.3 Å². The Morgan fingerprint density at radius 2 is 1.07 bits per heavy atom. The molecule has 5 amide bonds. The predicted octanol–water partition coefficient (Wildman–Crippen LogP) is 6.62. The fourth-order valence-corrected chi connectivity index (χ4v) is 7.88. The first-order valence-corrected chi connectivity index (χ1v) is 15.6. The normalized spacial score (nSPS) is 28.2. The largest absolute Gasteiger partial charge is 0.336 e. The van der Waals surface area contributed by atoms with E-state index in [0.29, 0.717) is 24.7 Å². The van der Waals surface area contributed by atoms with Gasteiger partial charge >= 0.3 is 12.1 Å². The highest BCUT2D eigenvalue weighted by Gasteiger charge is 2.48. The van der Waals surface area contributed by atoms with Gasteiger partial charge in [-0.1, -0.05) is 84.9 Å². The van der Waals surface area contributed by atoms with Gasteiger partial charge in [-0.3, -0.25) is 10.1 Å². The Labute approximate surface area is 251 Å². The Hall–Kier alpha value is -4.39. The minimum atomic E-state index is -0.668. The van der Waals surface area contributed by atoms with Gasteiger partial charge in [0, 0.05) is 6.54 Å². The van der Waals surface area contributed by atoms with Crippen molar-refractivity contribution in [3.63, 3.8) is 0 Å². The van der Waals surface area contributed by atoms with Crippen LogP contribution in [0.5, 0.6) is 0 Å². The van der Waals surface area contributed by atoms with E-state index in [1.165, 1.54) is 32.7 Å². The highest BCUT2D eigenvalue weighted by molar-refractivity contribution is 6.07. The molecule has 43 heavy (non-hydrogen) atoms. The van der Waals surface area contributed by atoms with Crippen LogP contribution in [0.25, 0.3) is 21.5 Å². The number of rotatable bonds is 2. The lowest BCUT2D eigenvalue weighted by molar-refractivity contribution is -0.125. The molecule has 7 heteroatoms. The molecule has 4 N–H and O–H groups in total. The van der Waals surface area contributed by atoms with Crippen LogP contribution in [0.4, 0.5) is 9.59 Å². The molecule has 2 heterocycles. The van der Waals surface area contributed by atoms with E-state index in [0.717, 1.165) is 45.1 Å². The summed E-state index contributed by atoms with van der Waals surface area (Å²) < 4.78 is 0. The molecule has 220 valence electrons. The number of hydrogen-bond donors (Lipinski definition) is 4. The molecule has 0 unspecified atom stereocenters. The summed E-state index contributed by atoms with van der Waals surface area (Å²) in [5, 5.41) is 16.5. The predicted molar refractivity (Wildman–Crippen MR) is 169 cm³/mol. The molecule has 2 aliphatic heterocycles. The van der Waals surface area contributed by atoms with E-state index in [9.17, 15) is 14.4 Å². The summed E-state index contributed by atoms with van der Waals surface area (Å²) in [4.78, 5) is 34.9. The van der Waals surface area contributed by atoms with Crippen molar-refractivity contribution in [3.05, 3.63) is 96.1 Å². The van der Waals surface area contributed by atoms with Gasteiger partial charge in [0.1, 0.15) is 5.54 Å². The Bertz CT molecular complexity index is 1690. The molecule has 2 saturated carbocycles. The maximum absolute atomic E-state index is 12.0. The molecule has 0 atom stereocenters. The van der Waals surface area contributed by atoms with Gasteiger partial charge in [0.2, 0.25) is 0 Å². The third-order valence-corrected chi connectivity index (χ3v) is 10.3. The Kier molecular flexibility index (Phi) is 7.04. The second kappa shape index (κ2) is 11.0. The number of fused-ring (bicyclic) bond motifs is 2. The highest BCUT2D eigenvalue weighted by atomic mass is 16.2. The fraction of sp³-hybridized carbons (Fsp3) is 0.361. The monoisotopic (exact) mass is 574 g/mol. The van der Waals surface area contributed by atoms with Crippen LogP contribution in [0.2, 0.25) is 0 Å². The smallest absolute Gasteiger partial charge is 0.322 e. The fourth-order valence-electron chi connectivity index (χ4n) is 7.88. The summed E-state index contributed by atoms with van der Waals surface area (Å²) in [5.41, 5.74) is 2.17. The lowest BCUT2D eigenvalue weighted by Gasteiger charge is -2.36. The van der Waals surface area contributed by atoms with E-state index in [1.54, 1.807) is 0 Å². The summed E-state index contributed by atoms with van der Waals surface area (Å²) in [6.45, 7) is 0.786. The first-order valence-electron chi connectivity index (χ1n) is 15.6. The zero-order chi connectivity index (χ0) is 29.4. The molecule has 0 radical (unpaired) electrons. The zero-order valence-corrected chi connectivity index (χ0v) is 24.3. The zero-order valence-electron chi connectivity index (χ0n) is 24.3. The molecule has 4 aromatic carbocycles. The van der Waals surface area contributed by atoms with Crippen LogP contribution in [0.3, 0.4) is 0 Å². The van der Waals surface area contributed by atoms with Crippen LogP contribution < -0.4 is 21.3 Å². The molecule has 2 aliphatic carbocycles. The van der Waals surface area contributed by atoms with Crippen molar-refractivity contribution in [2.45, 2.75) is 74.3 Å². The van der Waals surface area contributed by atoms with E-state index >= 15 is 0 Å². The van der Waals surface area contributed by atoms with Crippen LogP contribution in [-0.2, 0) is 4.79 Å². The number of nitrogens with one attached hydrogen (secondary N) is 4. The van der Waals surface area contributed by atoms with Crippen LogP contribution in [-0.4, -0.2) is 35.6 Å². The Morgan fingerprint density at radius 3 is 1.56 bits per heavy atom. The van der Waals surface area contributed by atoms with Crippen molar-refractivity contribution in [2.75, 3.05) is 6.54 Å². The van der Waals surface area contributed by atoms with Crippen molar-refractivity contribution < 1.29 is 14.4 Å². The summed E-state index contributed by atoms with van der Waals surface area (Å²) in [6.07, 6.45) is 7.69. The van der Waals surface area contributed by atoms with E-state index in [2.05, 4.69) is 106 Å². The number of carbonyl (C=O) groups excluding carboxylic acids is 3.